The van der Waals surface area contributed by atoms with Crippen LogP contribution in [0.3, 0.4) is 0 Å². The number of piperidine rings is 1. The number of sulfonamides is 1. The van der Waals surface area contributed by atoms with Crippen LogP contribution in [0, 0.1) is 11.8 Å². The van der Waals surface area contributed by atoms with E-state index < -0.39 is 10.0 Å². The molecule has 1 heterocycles. The van der Waals surface area contributed by atoms with E-state index in [9.17, 15) is 13.2 Å². The summed E-state index contributed by atoms with van der Waals surface area (Å²) >= 11 is 0. The van der Waals surface area contributed by atoms with Crippen molar-refractivity contribution in [2.24, 2.45) is 11.8 Å². The second-order valence-corrected chi connectivity index (χ2v) is 8.77. The van der Waals surface area contributed by atoms with Crippen LogP contribution in [-0.4, -0.2) is 33.7 Å². The molecule has 0 saturated carbocycles. The molecule has 25 heavy (non-hydrogen) atoms. The number of amides is 1. The number of nitrogens with one attached hydrogen (secondary N) is 3. The van der Waals surface area contributed by atoms with E-state index in [-0.39, 0.29) is 11.9 Å². The van der Waals surface area contributed by atoms with Gasteiger partial charge in [0.1, 0.15) is 0 Å². The van der Waals surface area contributed by atoms with Gasteiger partial charge in [0.2, 0.25) is 15.9 Å². The number of hydrogen-bond acceptors (Lipinski definition) is 4. The molecule has 1 fully saturated rings. The van der Waals surface area contributed by atoms with E-state index >= 15 is 0 Å². The second kappa shape index (κ2) is 8.67. The summed E-state index contributed by atoms with van der Waals surface area (Å²) in [6, 6.07) is 6.87. The normalized spacial score (nSPS) is 18.4. The second-order valence-electron chi connectivity index (χ2n) is 7.02. The average Bonchev–Trinajstić information content (AvgIpc) is 2.54. The van der Waals surface area contributed by atoms with Crippen LogP contribution in [0.5, 0.6) is 0 Å². The molecule has 6 nitrogen and oxygen atoms in total. The number of hydrogen-bond donors (Lipinski definition) is 3. The van der Waals surface area contributed by atoms with Crippen LogP contribution in [0.4, 0.5) is 5.69 Å². The van der Waals surface area contributed by atoms with Gasteiger partial charge in [0, 0.05) is 6.42 Å². The molecule has 0 aromatic heterocycles. The van der Waals surface area contributed by atoms with Gasteiger partial charge in [-0.25, -0.2) is 8.42 Å². The minimum Gasteiger partial charge on any atom is -0.349 e. The first-order valence-electron chi connectivity index (χ1n) is 8.83. The van der Waals surface area contributed by atoms with Crippen LogP contribution < -0.4 is 15.4 Å². The van der Waals surface area contributed by atoms with Crippen LogP contribution >= 0.6 is 0 Å². The molecular weight excluding hydrogens is 338 g/mol. The number of rotatable bonds is 7. The molecule has 0 aliphatic carbocycles. The molecule has 1 saturated heterocycles. The Bertz CT molecular complexity index is 685. The Labute approximate surface area is 150 Å². The molecule has 0 radical (unpaired) electrons. The molecule has 140 valence electrons. The summed E-state index contributed by atoms with van der Waals surface area (Å²) in [6.07, 6.45) is 3.85. The summed E-state index contributed by atoms with van der Waals surface area (Å²) in [4.78, 5) is 12.4. The van der Waals surface area contributed by atoms with Crippen molar-refractivity contribution in [2.75, 3.05) is 24.1 Å². The third-order valence-corrected chi connectivity index (χ3v) is 5.39. The molecule has 2 rings (SSSR count). The molecular formula is C18H29N3O3S. The van der Waals surface area contributed by atoms with Crippen molar-refractivity contribution in [3.05, 3.63) is 29.8 Å². The number of benzene rings is 1. The fourth-order valence-corrected chi connectivity index (χ4v) is 4.00. The van der Waals surface area contributed by atoms with Gasteiger partial charge in [-0.3, -0.25) is 9.52 Å². The van der Waals surface area contributed by atoms with E-state index in [2.05, 4.69) is 22.3 Å². The Morgan fingerprint density at radius 2 is 1.88 bits per heavy atom. The minimum atomic E-state index is -3.36. The summed E-state index contributed by atoms with van der Waals surface area (Å²) in [5, 5.41) is 6.35. The molecule has 1 aliphatic heterocycles. The van der Waals surface area contributed by atoms with Crippen molar-refractivity contribution in [1.29, 1.82) is 0 Å². The van der Waals surface area contributed by atoms with Crippen LogP contribution in [-0.2, 0) is 14.8 Å². The first-order valence-corrected chi connectivity index (χ1v) is 10.7. The molecule has 1 aliphatic rings. The molecule has 1 amide bonds. The fourth-order valence-electron chi connectivity index (χ4n) is 3.42. The zero-order chi connectivity index (χ0) is 18.4. The highest BCUT2D eigenvalue weighted by molar-refractivity contribution is 7.92. The summed E-state index contributed by atoms with van der Waals surface area (Å²) in [7, 11) is -3.36. The van der Waals surface area contributed by atoms with Crippen LogP contribution in [0.1, 0.15) is 44.7 Å². The van der Waals surface area contributed by atoms with Crippen molar-refractivity contribution < 1.29 is 13.2 Å². The summed E-state index contributed by atoms with van der Waals surface area (Å²) in [5.74, 6) is 0.938. The average molecular weight is 368 g/mol. The van der Waals surface area contributed by atoms with Gasteiger partial charge in [0.15, 0.2) is 0 Å². The highest BCUT2D eigenvalue weighted by atomic mass is 32.2. The van der Waals surface area contributed by atoms with Gasteiger partial charge < -0.3 is 10.6 Å². The molecule has 2 unspecified atom stereocenters. The Morgan fingerprint density at radius 1 is 1.24 bits per heavy atom. The lowest BCUT2D eigenvalue weighted by Crippen LogP contribution is -2.34. The van der Waals surface area contributed by atoms with Gasteiger partial charge in [-0.05, 0) is 56.3 Å². The topological polar surface area (TPSA) is 87.3 Å². The maximum absolute atomic E-state index is 12.4. The standard InChI is InChI=1S/C18H29N3O3S/c1-13(15-8-10-19-11-9-15)12-18(22)20-14(2)16-6-4-5-7-17(16)21-25(3,23)24/h4-7,13-15,19,21H,8-12H2,1-3H3,(H,20,22). The largest absolute Gasteiger partial charge is 0.349 e. The Hall–Kier alpha value is -1.60. The quantitative estimate of drug-likeness (QED) is 0.690. The van der Waals surface area contributed by atoms with E-state index in [4.69, 9.17) is 0 Å². The van der Waals surface area contributed by atoms with E-state index in [1.165, 1.54) is 0 Å². The number of para-hydroxylation sites is 1. The van der Waals surface area contributed by atoms with E-state index in [0.29, 0.717) is 23.9 Å². The lowest BCUT2D eigenvalue weighted by atomic mass is 9.84. The molecule has 0 bridgehead atoms. The van der Waals surface area contributed by atoms with E-state index in [1.807, 2.05) is 19.1 Å². The summed E-state index contributed by atoms with van der Waals surface area (Å²) < 4.78 is 25.5. The van der Waals surface area contributed by atoms with Crippen LogP contribution in [0.25, 0.3) is 0 Å². The number of anilines is 1. The van der Waals surface area contributed by atoms with Crippen molar-refractivity contribution in [1.82, 2.24) is 10.6 Å². The monoisotopic (exact) mass is 367 g/mol. The van der Waals surface area contributed by atoms with Gasteiger partial charge in [0.05, 0.1) is 18.0 Å². The molecule has 2 atom stereocenters. The van der Waals surface area contributed by atoms with Crippen molar-refractivity contribution in [3.63, 3.8) is 0 Å². The highest BCUT2D eigenvalue weighted by Crippen LogP contribution is 2.26. The summed E-state index contributed by atoms with van der Waals surface area (Å²) in [6.45, 7) is 6.06. The smallest absolute Gasteiger partial charge is 0.229 e. The maximum Gasteiger partial charge on any atom is 0.229 e. The Balaban J connectivity index is 1.97. The molecule has 1 aromatic carbocycles. The zero-order valence-electron chi connectivity index (χ0n) is 15.2. The van der Waals surface area contributed by atoms with Gasteiger partial charge >= 0.3 is 0 Å². The Morgan fingerprint density at radius 3 is 2.52 bits per heavy atom. The summed E-state index contributed by atoms with van der Waals surface area (Å²) in [5.41, 5.74) is 1.26. The number of carbonyl (C=O) groups excluding carboxylic acids is 1. The van der Waals surface area contributed by atoms with Gasteiger partial charge in [-0.2, -0.15) is 0 Å². The van der Waals surface area contributed by atoms with Gasteiger partial charge in [-0.1, -0.05) is 25.1 Å². The maximum atomic E-state index is 12.4. The third-order valence-electron chi connectivity index (χ3n) is 4.80. The van der Waals surface area contributed by atoms with Crippen molar-refractivity contribution >= 4 is 21.6 Å². The third kappa shape index (κ3) is 6.32. The first-order chi connectivity index (χ1) is 11.8. The predicted molar refractivity (Wildman–Crippen MR) is 101 cm³/mol. The van der Waals surface area contributed by atoms with E-state index in [0.717, 1.165) is 37.8 Å². The zero-order valence-corrected chi connectivity index (χ0v) is 16.0. The fraction of sp³-hybridized carbons (Fsp3) is 0.611. The highest BCUT2D eigenvalue weighted by Gasteiger charge is 2.23. The van der Waals surface area contributed by atoms with Crippen molar-refractivity contribution in [2.45, 2.75) is 39.2 Å². The van der Waals surface area contributed by atoms with Gasteiger partial charge in [-0.15, -0.1) is 0 Å². The molecule has 3 N–H and O–H groups in total. The Kier molecular flexibility index (Phi) is 6.84. The van der Waals surface area contributed by atoms with Crippen LogP contribution in [0.15, 0.2) is 24.3 Å². The number of carbonyl (C=O) groups is 1. The first kappa shape index (κ1) is 19.7. The van der Waals surface area contributed by atoms with Crippen molar-refractivity contribution in [3.8, 4) is 0 Å². The lowest BCUT2D eigenvalue weighted by Gasteiger charge is -2.28. The SMILES string of the molecule is CC(NC(=O)CC(C)C1CCNCC1)c1ccccc1NS(C)(=O)=O. The molecule has 7 heteroatoms. The van der Waals surface area contributed by atoms with Gasteiger partial charge in [0.25, 0.3) is 0 Å². The predicted octanol–water partition coefficient (Wildman–Crippen LogP) is 2.26. The van der Waals surface area contributed by atoms with Crippen LogP contribution in [0.2, 0.25) is 0 Å². The lowest BCUT2D eigenvalue weighted by molar-refractivity contribution is -0.123. The minimum absolute atomic E-state index is 0.00712. The molecule has 0 spiro atoms. The molecule has 1 aromatic rings. The van der Waals surface area contributed by atoms with E-state index in [1.54, 1.807) is 12.1 Å².